The van der Waals surface area contributed by atoms with E-state index in [1.54, 1.807) is 13.2 Å². The van der Waals surface area contributed by atoms with E-state index in [0.717, 1.165) is 24.8 Å². The molecule has 3 aliphatic rings. The van der Waals surface area contributed by atoms with Crippen LogP contribution in [0.2, 0.25) is 0 Å². The monoisotopic (exact) mass is 356 g/mol. The molecule has 138 valence electrons. The van der Waals surface area contributed by atoms with Crippen LogP contribution in [0.15, 0.2) is 23.3 Å². The highest BCUT2D eigenvalue weighted by Crippen LogP contribution is 2.50. The molecule has 1 aromatic carbocycles. The Balaban J connectivity index is 1.22. The smallest absolute Gasteiger partial charge is 0.160 e. The minimum Gasteiger partial charge on any atom is -0.504 e. The third-order valence-electron chi connectivity index (χ3n) is 5.30. The van der Waals surface area contributed by atoms with Crippen molar-refractivity contribution in [3.8, 4) is 23.3 Å². The number of phenols is 1. The zero-order valence-corrected chi connectivity index (χ0v) is 15.1. The third-order valence-corrected chi connectivity index (χ3v) is 5.30. The average molecular weight is 356 g/mol. The zero-order chi connectivity index (χ0) is 18.1. The van der Waals surface area contributed by atoms with Crippen LogP contribution in [-0.2, 0) is 9.47 Å². The number of phenolic OH excluding ortho intramolecular Hbond substituents is 1. The van der Waals surface area contributed by atoms with Crippen molar-refractivity contribution in [3.63, 3.8) is 0 Å². The second-order valence-electron chi connectivity index (χ2n) is 7.06. The van der Waals surface area contributed by atoms with Crippen LogP contribution in [0.3, 0.4) is 0 Å². The van der Waals surface area contributed by atoms with Gasteiger partial charge < -0.3 is 19.3 Å². The summed E-state index contributed by atoms with van der Waals surface area (Å²) in [7, 11) is 3.54. The second kappa shape index (κ2) is 6.82. The molecule has 1 saturated heterocycles. The van der Waals surface area contributed by atoms with Gasteiger partial charge >= 0.3 is 0 Å². The number of hydrogen-bond acceptors (Lipinski definition) is 6. The second-order valence-corrected chi connectivity index (χ2v) is 7.06. The number of nitrogens with zero attached hydrogens (tertiary/aromatic N) is 2. The Bertz CT molecular complexity index is 769. The highest BCUT2D eigenvalue weighted by Gasteiger charge is 2.58. The molecule has 0 spiro atoms. The highest BCUT2D eigenvalue weighted by atomic mass is 16.7. The van der Waals surface area contributed by atoms with E-state index in [9.17, 15) is 5.11 Å². The molecule has 4 rings (SSSR count). The Morgan fingerprint density at radius 1 is 1.42 bits per heavy atom. The fourth-order valence-electron chi connectivity index (χ4n) is 3.64. The van der Waals surface area contributed by atoms with E-state index in [2.05, 4.69) is 16.9 Å². The van der Waals surface area contributed by atoms with Gasteiger partial charge in [-0.15, -0.1) is 0 Å². The molecule has 2 heterocycles. The molecule has 0 amide bonds. The lowest BCUT2D eigenvalue weighted by molar-refractivity contribution is -0.133. The van der Waals surface area contributed by atoms with Gasteiger partial charge in [-0.3, -0.25) is 5.01 Å². The van der Waals surface area contributed by atoms with Gasteiger partial charge in [0.2, 0.25) is 0 Å². The van der Waals surface area contributed by atoms with E-state index in [0.29, 0.717) is 24.8 Å². The van der Waals surface area contributed by atoms with E-state index in [-0.39, 0.29) is 23.6 Å². The Hall–Kier alpha value is -2.23. The first kappa shape index (κ1) is 17.2. The molecule has 0 radical (unpaired) electrons. The predicted octanol–water partition coefficient (Wildman–Crippen LogP) is 2.68. The summed E-state index contributed by atoms with van der Waals surface area (Å²) in [5, 5.41) is 16.0. The molecule has 1 aromatic rings. The van der Waals surface area contributed by atoms with Crippen molar-refractivity contribution in [2.24, 2.45) is 10.5 Å². The van der Waals surface area contributed by atoms with Crippen molar-refractivity contribution >= 4 is 6.21 Å². The Labute approximate surface area is 153 Å². The van der Waals surface area contributed by atoms with Gasteiger partial charge in [-0.1, -0.05) is 17.9 Å². The summed E-state index contributed by atoms with van der Waals surface area (Å²) < 4.78 is 17.0. The van der Waals surface area contributed by atoms with E-state index in [1.165, 1.54) is 0 Å². The summed E-state index contributed by atoms with van der Waals surface area (Å²) in [5.41, 5.74) is 0.996. The fraction of sp³-hybridized carbons (Fsp3) is 0.550. The summed E-state index contributed by atoms with van der Waals surface area (Å²) in [6.07, 6.45) is 5.27. The van der Waals surface area contributed by atoms with Gasteiger partial charge in [-0.05, 0) is 30.5 Å². The van der Waals surface area contributed by atoms with Crippen LogP contribution in [0.5, 0.6) is 11.5 Å². The number of aromatic hydroxyl groups is 1. The average Bonchev–Trinajstić information content (AvgIpc) is 3.01. The third kappa shape index (κ3) is 3.25. The first-order valence-electron chi connectivity index (χ1n) is 9.03. The highest BCUT2D eigenvalue weighted by molar-refractivity contribution is 5.78. The lowest BCUT2D eigenvalue weighted by Gasteiger charge is -2.15. The number of ether oxygens (including phenoxy) is 3. The number of hydrogen-bond donors (Lipinski definition) is 1. The summed E-state index contributed by atoms with van der Waals surface area (Å²) in [4.78, 5) is 0. The van der Waals surface area contributed by atoms with Crippen LogP contribution in [-0.4, -0.2) is 49.4 Å². The lowest BCUT2D eigenvalue weighted by atomic mass is 10.1. The van der Waals surface area contributed by atoms with Gasteiger partial charge in [0.15, 0.2) is 17.8 Å². The Kier molecular flexibility index (Phi) is 4.51. The van der Waals surface area contributed by atoms with Gasteiger partial charge in [0.05, 0.1) is 31.3 Å². The van der Waals surface area contributed by atoms with Crippen LogP contribution in [0.25, 0.3) is 0 Å². The summed E-state index contributed by atoms with van der Waals surface area (Å²) in [6, 6.07) is 5.79. The van der Waals surface area contributed by atoms with E-state index in [1.807, 2.05) is 30.4 Å². The molecule has 1 saturated carbocycles. The van der Waals surface area contributed by atoms with Crippen LogP contribution in [0.4, 0.5) is 0 Å². The summed E-state index contributed by atoms with van der Waals surface area (Å²) >= 11 is 0. The van der Waals surface area contributed by atoms with Gasteiger partial charge in [-0.25, -0.2) is 0 Å². The van der Waals surface area contributed by atoms with Crippen LogP contribution in [0, 0.1) is 17.3 Å². The molecule has 0 bridgehead atoms. The van der Waals surface area contributed by atoms with Crippen molar-refractivity contribution in [2.45, 2.75) is 44.1 Å². The molecule has 2 fully saturated rings. The molecule has 1 aliphatic carbocycles. The van der Waals surface area contributed by atoms with Crippen molar-refractivity contribution in [1.29, 1.82) is 0 Å². The SMILES string of the molecule is COc1cc(C2CCC(OCCC#CC34C=NN(C)C3C4)O2)ccc1O. The van der Waals surface area contributed by atoms with Crippen LogP contribution >= 0.6 is 0 Å². The maximum absolute atomic E-state index is 9.70. The molecular formula is C20H24N2O4. The molecule has 1 N–H and O–H groups in total. The van der Waals surface area contributed by atoms with Crippen molar-refractivity contribution < 1.29 is 19.3 Å². The molecule has 0 aromatic heterocycles. The first-order valence-corrected chi connectivity index (χ1v) is 9.03. The molecule has 4 unspecified atom stereocenters. The van der Waals surface area contributed by atoms with Crippen LogP contribution < -0.4 is 4.74 Å². The molecular weight excluding hydrogens is 332 g/mol. The summed E-state index contributed by atoms with van der Waals surface area (Å²) in [6.45, 7) is 0.566. The number of methoxy groups -OCH3 is 1. The molecule has 26 heavy (non-hydrogen) atoms. The number of benzene rings is 1. The molecule has 2 aliphatic heterocycles. The standard InChI is InChI=1S/C20H24N2O4/c1-22-18-12-20(18,13-21-22)9-3-4-10-25-19-8-7-16(26-19)14-5-6-15(23)17(11-14)24-2/h5-6,11,13,16,18-19,23H,4,7-8,10,12H2,1-2H3. The topological polar surface area (TPSA) is 63.5 Å². The van der Waals surface area contributed by atoms with E-state index in [4.69, 9.17) is 14.2 Å². The number of hydrazone groups is 1. The van der Waals surface area contributed by atoms with E-state index < -0.39 is 0 Å². The molecule has 6 nitrogen and oxygen atoms in total. The normalized spacial score (nSPS) is 31.5. The molecule has 6 heteroatoms. The Morgan fingerprint density at radius 3 is 3.04 bits per heavy atom. The predicted molar refractivity (Wildman–Crippen MR) is 96.9 cm³/mol. The fourth-order valence-corrected chi connectivity index (χ4v) is 3.64. The maximum atomic E-state index is 9.70. The minimum atomic E-state index is -0.201. The minimum absolute atomic E-state index is 0.00162. The number of fused-ring (bicyclic) bond motifs is 1. The van der Waals surface area contributed by atoms with Gasteiger partial charge in [0.25, 0.3) is 0 Å². The lowest BCUT2D eigenvalue weighted by Crippen LogP contribution is -2.13. The summed E-state index contributed by atoms with van der Waals surface area (Å²) in [5.74, 6) is 7.16. The van der Waals surface area contributed by atoms with Gasteiger partial charge in [0.1, 0.15) is 0 Å². The van der Waals surface area contributed by atoms with Gasteiger partial charge in [0, 0.05) is 26.1 Å². The first-order chi connectivity index (χ1) is 12.6. The largest absolute Gasteiger partial charge is 0.504 e. The van der Waals surface area contributed by atoms with Crippen molar-refractivity contribution in [2.75, 3.05) is 20.8 Å². The quantitative estimate of drug-likeness (QED) is 0.649. The maximum Gasteiger partial charge on any atom is 0.160 e. The zero-order valence-electron chi connectivity index (χ0n) is 15.1. The van der Waals surface area contributed by atoms with Crippen LogP contribution in [0.1, 0.15) is 37.4 Å². The number of rotatable bonds is 5. The van der Waals surface area contributed by atoms with Crippen molar-refractivity contribution in [3.05, 3.63) is 23.8 Å². The Morgan fingerprint density at radius 2 is 2.31 bits per heavy atom. The van der Waals surface area contributed by atoms with Crippen molar-refractivity contribution in [1.82, 2.24) is 5.01 Å². The van der Waals surface area contributed by atoms with Gasteiger partial charge in [-0.2, -0.15) is 5.10 Å². The van der Waals surface area contributed by atoms with E-state index >= 15 is 0 Å². The molecule has 4 atom stereocenters.